The van der Waals surface area contributed by atoms with E-state index in [4.69, 9.17) is 0 Å². The monoisotopic (exact) mass is 222 g/mol. The molecule has 0 aliphatic heterocycles. The Morgan fingerprint density at radius 2 is 2.53 bits per heavy atom. The molecular formula is C13H18OS. The number of aldehydes is 1. The molecule has 0 amide bonds. The molecule has 0 saturated heterocycles. The van der Waals surface area contributed by atoms with Crippen LogP contribution in [0.2, 0.25) is 0 Å². The minimum Gasteiger partial charge on any atom is -0.303 e. The molecule has 15 heavy (non-hydrogen) atoms. The fourth-order valence-electron chi connectivity index (χ4n) is 2.77. The van der Waals surface area contributed by atoms with Crippen LogP contribution in [0.5, 0.6) is 0 Å². The maximum atomic E-state index is 11.4. The number of carbonyl (C=O) groups is 1. The molecule has 1 nitrogen and oxygen atoms in total. The molecular weight excluding hydrogens is 204 g/mol. The van der Waals surface area contributed by atoms with Crippen LogP contribution >= 0.6 is 11.3 Å². The minimum atomic E-state index is -0.0531. The Hall–Kier alpha value is -0.630. The Morgan fingerprint density at radius 3 is 3.13 bits per heavy atom. The first-order chi connectivity index (χ1) is 7.24. The van der Waals surface area contributed by atoms with Gasteiger partial charge in [0.15, 0.2) is 0 Å². The third-order valence-corrected chi connectivity index (χ3v) is 4.36. The number of hydrogen-bond acceptors (Lipinski definition) is 2. The van der Waals surface area contributed by atoms with Crippen LogP contribution in [0.15, 0.2) is 17.5 Å². The molecule has 1 saturated carbocycles. The highest BCUT2D eigenvalue weighted by Crippen LogP contribution is 2.40. The molecule has 2 atom stereocenters. The molecule has 2 unspecified atom stereocenters. The highest BCUT2D eigenvalue weighted by atomic mass is 32.1. The van der Waals surface area contributed by atoms with Gasteiger partial charge in [-0.05, 0) is 36.6 Å². The van der Waals surface area contributed by atoms with Crippen LogP contribution in [0.1, 0.15) is 37.5 Å². The molecule has 1 aromatic heterocycles. The van der Waals surface area contributed by atoms with Crippen molar-refractivity contribution in [1.82, 2.24) is 0 Å². The van der Waals surface area contributed by atoms with E-state index < -0.39 is 0 Å². The van der Waals surface area contributed by atoms with Gasteiger partial charge in [0, 0.05) is 10.3 Å². The van der Waals surface area contributed by atoms with Gasteiger partial charge in [-0.25, -0.2) is 0 Å². The van der Waals surface area contributed by atoms with Gasteiger partial charge < -0.3 is 4.79 Å². The zero-order valence-corrected chi connectivity index (χ0v) is 10.1. The normalized spacial score (nSPS) is 31.4. The quantitative estimate of drug-likeness (QED) is 0.713. The van der Waals surface area contributed by atoms with Crippen molar-refractivity contribution in [3.05, 3.63) is 22.4 Å². The predicted molar refractivity (Wildman–Crippen MR) is 64.2 cm³/mol. The smallest absolute Gasteiger partial charge is 0.126 e. The van der Waals surface area contributed by atoms with Crippen molar-refractivity contribution >= 4 is 17.6 Å². The SMILES string of the molecule is CC1CCCC(C=O)(Cc2cccs2)C1. The Bertz CT molecular complexity index is 317. The molecule has 0 N–H and O–H groups in total. The molecule has 1 heterocycles. The highest BCUT2D eigenvalue weighted by molar-refractivity contribution is 7.09. The predicted octanol–water partition coefficient (Wildman–Crippen LogP) is 3.69. The second-order valence-electron chi connectivity index (χ2n) is 4.94. The summed E-state index contributed by atoms with van der Waals surface area (Å²) in [6.07, 6.45) is 6.85. The molecule has 0 aromatic carbocycles. The molecule has 82 valence electrons. The minimum absolute atomic E-state index is 0.0531. The summed E-state index contributed by atoms with van der Waals surface area (Å²) >= 11 is 1.77. The topological polar surface area (TPSA) is 17.1 Å². The van der Waals surface area contributed by atoms with Gasteiger partial charge in [0.2, 0.25) is 0 Å². The van der Waals surface area contributed by atoms with E-state index in [9.17, 15) is 4.79 Å². The second kappa shape index (κ2) is 4.48. The number of rotatable bonds is 3. The van der Waals surface area contributed by atoms with Gasteiger partial charge >= 0.3 is 0 Å². The van der Waals surface area contributed by atoms with Crippen molar-refractivity contribution < 1.29 is 4.79 Å². The molecule has 1 fully saturated rings. The summed E-state index contributed by atoms with van der Waals surface area (Å²) in [5, 5.41) is 2.10. The lowest BCUT2D eigenvalue weighted by Crippen LogP contribution is -2.31. The van der Waals surface area contributed by atoms with Crippen LogP contribution in [-0.2, 0) is 11.2 Å². The largest absolute Gasteiger partial charge is 0.303 e. The Labute approximate surface area is 95.5 Å². The summed E-state index contributed by atoms with van der Waals surface area (Å²) < 4.78 is 0. The number of carbonyl (C=O) groups excluding carboxylic acids is 1. The van der Waals surface area contributed by atoms with Crippen LogP contribution in [0.25, 0.3) is 0 Å². The third kappa shape index (κ3) is 2.49. The average molecular weight is 222 g/mol. The Morgan fingerprint density at radius 1 is 1.67 bits per heavy atom. The molecule has 1 aliphatic rings. The summed E-state index contributed by atoms with van der Waals surface area (Å²) in [7, 11) is 0. The maximum Gasteiger partial charge on any atom is 0.126 e. The van der Waals surface area contributed by atoms with Crippen LogP contribution in [0.4, 0.5) is 0 Å². The fraction of sp³-hybridized carbons (Fsp3) is 0.615. The van der Waals surface area contributed by atoms with Gasteiger partial charge in [0.25, 0.3) is 0 Å². The highest BCUT2D eigenvalue weighted by Gasteiger charge is 2.34. The van der Waals surface area contributed by atoms with Crippen molar-refractivity contribution in [2.45, 2.75) is 39.0 Å². The first-order valence-corrected chi connectivity index (χ1v) is 6.61. The molecule has 0 radical (unpaired) electrons. The maximum absolute atomic E-state index is 11.4. The number of thiophene rings is 1. The van der Waals surface area contributed by atoms with Crippen molar-refractivity contribution in [3.63, 3.8) is 0 Å². The Kier molecular flexibility index (Phi) is 3.25. The van der Waals surface area contributed by atoms with Crippen LogP contribution in [-0.4, -0.2) is 6.29 Å². The van der Waals surface area contributed by atoms with E-state index in [1.54, 1.807) is 11.3 Å². The molecule has 0 spiro atoms. The summed E-state index contributed by atoms with van der Waals surface area (Å²) in [5.74, 6) is 0.712. The van der Waals surface area contributed by atoms with Crippen molar-refractivity contribution in [1.29, 1.82) is 0 Å². The molecule has 2 rings (SSSR count). The van der Waals surface area contributed by atoms with Crippen LogP contribution in [0.3, 0.4) is 0 Å². The van der Waals surface area contributed by atoms with E-state index in [2.05, 4.69) is 24.4 Å². The van der Waals surface area contributed by atoms with Gasteiger partial charge in [-0.15, -0.1) is 11.3 Å². The summed E-state index contributed by atoms with van der Waals surface area (Å²) in [5.41, 5.74) is -0.0531. The lowest BCUT2D eigenvalue weighted by molar-refractivity contribution is -0.118. The van der Waals surface area contributed by atoms with E-state index in [0.29, 0.717) is 5.92 Å². The van der Waals surface area contributed by atoms with Gasteiger partial charge in [0.05, 0.1) is 0 Å². The van der Waals surface area contributed by atoms with Crippen LogP contribution < -0.4 is 0 Å². The third-order valence-electron chi connectivity index (χ3n) is 3.48. The van der Waals surface area contributed by atoms with E-state index >= 15 is 0 Å². The van der Waals surface area contributed by atoms with E-state index in [1.165, 1.54) is 24.0 Å². The van der Waals surface area contributed by atoms with Crippen molar-refractivity contribution in [3.8, 4) is 0 Å². The van der Waals surface area contributed by atoms with Gasteiger partial charge in [-0.1, -0.05) is 25.8 Å². The Balaban J connectivity index is 2.10. The summed E-state index contributed by atoms with van der Waals surface area (Å²) in [6.45, 7) is 2.27. The lowest BCUT2D eigenvalue weighted by atomic mass is 9.69. The van der Waals surface area contributed by atoms with Crippen LogP contribution in [0, 0.1) is 11.3 Å². The number of hydrogen-bond donors (Lipinski definition) is 0. The summed E-state index contributed by atoms with van der Waals surface area (Å²) in [4.78, 5) is 12.7. The standard InChI is InChI=1S/C13H18OS/c1-11-4-2-6-13(8-11,10-14)9-12-5-3-7-15-12/h3,5,7,10-11H,2,4,6,8-9H2,1H3. The molecule has 2 heteroatoms. The van der Waals surface area contributed by atoms with Gasteiger partial charge in [0.1, 0.15) is 6.29 Å². The van der Waals surface area contributed by atoms with E-state index in [0.717, 1.165) is 19.3 Å². The van der Waals surface area contributed by atoms with Crippen molar-refractivity contribution in [2.24, 2.45) is 11.3 Å². The zero-order valence-electron chi connectivity index (χ0n) is 9.24. The van der Waals surface area contributed by atoms with E-state index in [-0.39, 0.29) is 5.41 Å². The average Bonchev–Trinajstić information content (AvgIpc) is 2.70. The lowest BCUT2D eigenvalue weighted by Gasteiger charge is -2.35. The molecule has 1 aliphatic carbocycles. The summed E-state index contributed by atoms with van der Waals surface area (Å²) in [6, 6.07) is 4.22. The fourth-order valence-corrected chi connectivity index (χ4v) is 3.63. The molecule has 0 bridgehead atoms. The first-order valence-electron chi connectivity index (χ1n) is 5.73. The second-order valence-corrected chi connectivity index (χ2v) is 5.97. The molecule has 1 aromatic rings. The zero-order chi connectivity index (χ0) is 10.7. The van der Waals surface area contributed by atoms with Gasteiger partial charge in [-0.3, -0.25) is 0 Å². The van der Waals surface area contributed by atoms with Gasteiger partial charge in [-0.2, -0.15) is 0 Å². The first kappa shape index (κ1) is 10.9. The van der Waals surface area contributed by atoms with Crippen molar-refractivity contribution in [2.75, 3.05) is 0 Å². The van der Waals surface area contributed by atoms with E-state index in [1.807, 2.05) is 0 Å².